The molecule has 1 nitrogen and oxygen atoms in total. The van der Waals surface area contributed by atoms with E-state index in [-0.39, 0.29) is 0 Å². The topological polar surface area (TPSA) is 13.1 Å². The predicted octanol–water partition coefficient (Wildman–Crippen LogP) is 2.88. The van der Waals surface area contributed by atoms with Gasteiger partial charge in [0.1, 0.15) is 0 Å². The van der Waals surface area contributed by atoms with Gasteiger partial charge in [-0.2, -0.15) is 0 Å². The zero-order valence-electron chi connectivity index (χ0n) is 5.55. The van der Waals surface area contributed by atoms with E-state index in [4.69, 9.17) is 0 Å². The minimum atomic E-state index is 1.62. The molecular weight excluding hydrogens is 112 g/mol. The molecule has 1 aromatic heterocycles. The fourth-order valence-electron chi connectivity index (χ4n) is 0.227. The summed E-state index contributed by atoms with van der Waals surface area (Å²) in [5.74, 6) is 0. The summed E-state index contributed by atoms with van der Waals surface area (Å²) in [6, 6.07) is 3.67. The highest BCUT2D eigenvalue weighted by atomic mass is 16.3. The Bertz CT molecular complexity index is 80.1. The number of rotatable bonds is 0. The van der Waals surface area contributed by atoms with Crippen molar-refractivity contribution < 1.29 is 4.42 Å². The van der Waals surface area contributed by atoms with Gasteiger partial charge in [0.15, 0.2) is 0 Å². The summed E-state index contributed by atoms with van der Waals surface area (Å²) in [6.07, 6.45) is 3.25. The van der Waals surface area contributed by atoms with Crippen molar-refractivity contribution in [1.82, 2.24) is 0 Å². The molecule has 0 N–H and O–H groups in total. The average molecular weight is 124 g/mol. The molecule has 0 saturated carbocycles. The van der Waals surface area contributed by atoms with Crippen molar-refractivity contribution in [3.8, 4) is 0 Å². The first-order chi connectivity index (χ1) is 4.50. The Balaban J connectivity index is 0. The lowest BCUT2D eigenvalue weighted by molar-refractivity contribution is 0.567. The zero-order chi connectivity index (χ0) is 7.54. The smallest absolute Gasteiger partial charge is 0.0902 e. The first-order valence-corrected chi connectivity index (χ1v) is 2.47. The highest BCUT2D eigenvalue weighted by molar-refractivity contribution is 4.79. The Morgan fingerprint density at radius 1 is 0.778 bits per heavy atom. The molecule has 9 heavy (non-hydrogen) atoms. The van der Waals surface area contributed by atoms with E-state index in [0.29, 0.717) is 0 Å². The van der Waals surface area contributed by atoms with Crippen LogP contribution in [0.15, 0.2) is 55.4 Å². The maximum atomic E-state index is 4.58. The van der Waals surface area contributed by atoms with Crippen LogP contribution in [0.1, 0.15) is 0 Å². The van der Waals surface area contributed by atoms with Gasteiger partial charge in [0.2, 0.25) is 0 Å². The summed E-state index contributed by atoms with van der Waals surface area (Å²) in [5.41, 5.74) is 0. The van der Waals surface area contributed by atoms with Crippen molar-refractivity contribution in [2.24, 2.45) is 0 Å². The van der Waals surface area contributed by atoms with Crippen LogP contribution in [0, 0.1) is 0 Å². The monoisotopic (exact) mass is 124 g/mol. The Hall–Kier alpha value is -1.24. The van der Waals surface area contributed by atoms with Crippen LogP contribution < -0.4 is 0 Å². The first kappa shape index (κ1) is 10.7. The second kappa shape index (κ2) is 15.9. The normalized spacial score (nSPS) is 5.33. The van der Waals surface area contributed by atoms with Crippen LogP contribution in [0.4, 0.5) is 0 Å². The van der Waals surface area contributed by atoms with Gasteiger partial charge in [0.05, 0.1) is 12.5 Å². The summed E-state index contributed by atoms with van der Waals surface area (Å²) in [4.78, 5) is 0. The molecule has 0 bridgehead atoms. The van der Waals surface area contributed by atoms with Crippen LogP contribution in [0.25, 0.3) is 0 Å². The molecule has 1 rings (SSSR count). The Labute approximate surface area is 56.3 Å². The molecule has 0 amide bonds. The number of furan rings is 1. The van der Waals surface area contributed by atoms with Gasteiger partial charge >= 0.3 is 0 Å². The van der Waals surface area contributed by atoms with E-state index >= 15 is 0 Å². The third-order valence-corrected chi connectivity index (χ3v) is 0.425. The zero-order valence-corrected chi connectivity index (χ0v) is 5.55. The van der Waals surface area contributed by atoms with Crippen LogP contribution in [-0.4, -0.2) is 0 Å². The Morgan fingerprint density at radius 3 is 1.22 bits per heavy atom. The van der Waals surface area contributed by atoms with Gasteiger partial charge in [0.25, 0.3) is 0 Å². The molecule has 0 aliphatic carbocycles. The molecule has 1 heteroatoms. The van der Waals surface area contributed by atoms with Gasteiger partial charge in [-0.1, -0.05) is 0 Å². The van der Waals surface area contributed by atoms with Crippen LogP contribution in [0.5, 0.6) is 0 Å². The lowest BCUT2D eigenvalue weighted by Gasteiger charge is -1.50. The van der Waals surface area contributed by atoms with Crippen molar-refractivity contribution in [3.05, 3.63) is 51.0 Å². The van der Waals surface area contributed by atoms with Gasteiger partial charge in [-0.15, -0.1) is 26.3 Å². The van der Waals surface area contributed by atoms with E-state index in [1.54, 1.807) is 12.5 Å². The highest BCUT2D eigenvalue weighted by Crippen LogP contribution is 1.79. The largest absolute Gasteiger partial charge is 0.473 e. The summed E-state index contributed by atoms with van der Waals surface area (Å²) in [6.45, 7) is 12.0. The summed E-state index contributed by atoms with van der Waals surface area (Å²) < 4.78 is 4.58. The molecule has 1 heterocycles. The van der Waals surface area contributed by atoms with Gasteiger partial charge in [-0.05, 0) is 12.1 Å². The highest BCUT2D eigenvalue weighted by Gasteiger charge is 1.58. The fraction of sp³-hybridized carbons (Fsp3) is 0. The van der Waals surface area contributed by atoms with E-state index < -0.39 is 0 Å². The minimum absolute atomic E-state index is 1.62. The molecule has 0 aliphatic heterocycles. The molecule has 0 saturated heterocycles. The van der Waals surface area contributed by atoms with E-state index in [0.717, 1.165) is 0 Å². The standard InChI is InChI=1S/C4H4O.2C2H4/c1-2-4-5-3-1;2*1-2/h1-4H;2*1-2H2. The molecule has 0 fully saturated rings. The molecule has 0 aliphatic rings. The van der Waals surface area contributed by atoms with Gasteiger partial charge < -0.3 is 4.42 Å². The molecule has 0 aromatic carbocycles. The second-order valence-electron chi connectivity index (χ2n) is 0.793. The molecule has 50 valence electrons. The van der Waals surface area contributed by atoms with Gasteiger partial charge in [-0.3, -0.25) is 0 Å². The van der Waals surface area contributed by atoms with E-state index in [9.17, 15) is 0 Å². The Morgan fingerprint density at radius 2 is 1.11 bits per heavy atom. The first-order valence-electron chi connectivity index (χ1n) is 2.47. The summed E-state index contributed by atoms with van der Waals surface area (Å²) in [7, 11) is 0. The van der Waals surface area contributed by atoms with Crippen LogP contribution >= 0.6 is 0 Å². The average Bonchev–Trinajstić information content (AvgIpc) is 2.51. The maximum absolute atomic E-state index is 4.58. The molecule has 0 unspecified atom stereocenters. The lowest BCUT2D eigenvalue weighted by atomic mass is 10.7. The van der Waals surface area contributed by atoms with Gasteiger partial charge in [0, 0.05) is 0 Å². The van der Waals surface area contributed by atoms with Crippen LogP contribution in [-0.2, 0) is 0 Å². The summed E-state index contributed by atoms with van der Waals surface area (Å²) >= 11 is 0. The third kappa shape index (κ3) is 10.8. The van der Waals surface area contributed by atoms with E-state index in [2.05, 4.69) is 30.7 Å². The Kier molecular flexibility index (Phi) is 18.8. The molecule has 0 atom stereocenters. The third-order valence-electron chi connectivity index (χ3n) is 0.425. The lowest BCUT2D eigenvalue weighted by Crippen LogP contribution is -1.16. The molecule has 0 spiro atoms. The van der Waals surface area contributed by atoms with Crippen molar-refractivity contribution >= 4 is 0 Å². The van der Waals surface area contributed by atoms with Crippen molar-refractivity contribution in [3.63, 3.8) is 0 Å². The van der Waals surface area contributed by atoms with Crippen molar-refractivity contribution in [2.45, 2.75) is 0 Å². The van der Waals surface area contributed by atoms with Gasteiger partial charge in [-0.25, -0.2) is 0 Å². The van der Waals surface area contributed by atoms with Crippen LogP contribution in [0.2, 0.25) is 0 Å². The molecule has 1 aromatic rings. The van der Waals surface area contributed by atoms with Crippen LogP contribution in [0.3, 0.4) is 0 Å². The fourth-order valence-corrected chi connectivity index (χ4v) is 0.227. The summed E-state index contributed by atoms with van der Waals surface area (Å²) in [5, 5.41) is 0. The predicted molar refractivity (Wildman–Crippen MR) is 41.2 cm³/mol. The number of hydrogen-bond acceptors (Lipinski definition) is 1. The van der Waals surface area contributed by atoms with Crippen molar-refractivity contribution in [2.75, 3.05) is 0 Å². The second-order valence-corrected chi connectivity index (χ2v) is 0.793. The maximum Gasteiger partial charge on any atom is 0.0902 e. The quantitative estimate of drug-likeness (QED) is 0.485. The number of hydrogen-bond donors (Lipinski definition) is 0. The van der Waals surface area contributed by atoms with Crippen molar-refractivity contribution in [1.29, 1.82) is 0 Å². The van der Waals surface area contributed by atoms with E-state index in [1.165, 1.54) is 0 Å². The molecular formula is C8H12O. The molecule has 0 radical (unpaired) electrons. The minimum Gasteiger partial charge on any atom is -0.473 e. The van der Waals surface area contributed by atoms with E-state index in [1.807, 2.05) is 12.1 Å². The SMILES string of the molecule is C=C.C=C.c1ccoc1.